The molecule has 1 atom stereocenters. The van der Waals surface area contributed by atoms with Crippen LogP contribution in [0.4, 0.5) is 0 Å². The number of nitrogens with zero attached hydrogens (tertiary/aromatic N) is 1. The molecule has 1 unspecified atom stereocenters. The Morgan fingerprint density at radius 3 is 3.00 bits per heavy atom. The lowest BCUT2D eigenvalue weighted by Crippen LogP contribution is -2.34. The van der Waals surface area contributed by atoms with Gasteiger partial charge in [-0.2, -0.15) is 0 Å². The highest BCUT2D eigenvalue weighted by Gasteiger charge is 2.25. The lowest BCUT2D eigenvalue weighted by atomic mass is 10.1. The van der Waals surface area contributed by atoms with Crippen molar-refractivity contribution in [1.29, 1.82) is 0 Å². The molecule has 1 aliphatic rings. The van der Waals surface area contributed by atoms with Gasteiger partial charge in [-0.05, 0) is 0 Å². The number of rotatable bonds is 3. The maximum atomic E-state index is 11.1. The van der Waals surface area contributed by atoms with Crippen LogP contribution < -0.4 is 0 Å². The lowest BCUT2D eigenvalue weighted by molar-refractivity contribution is -0.135. The maximum absolute atomic E-state index is 11.1. The third-order valence-corrected chi connectivity index (χ3v) is 1.61. The Morgan fingerprint density at radius 2 is 2.46 bits per heavy atom. The Bertz CT molecular complexity index is 293. The van der Waals surface area contributed by atoms with E-state index in [0.29, 0.717) is 0 Å². The Morgan fingerprint density at radius 1 is 1.77 bits per heavy atom. The topological polar surface area (TPSA) is 76.0 Å². The number of carbonyl (C=O) groups excluding carboxylic acids is 1. The van der Waals surface area contributed by atoms with Gasteiger partial charge in [0.25, 0.3) is 0 Å². The van der Waals surface area contributed by atoms with E-state index in [2.05, 4.69) is 4.99 Å². The molecule has 5 nitrogen and oxygen atoms in total. The third kappa shape index (κ3) is 2.22. The quantitative estimate of drug-likeness (QED) is 0.668. The molecule has 0 fully saturated rings. The highest BCUT2D eigenvalue weighted by atomic mass is 16.5. The summed E-state index contributed by atoms with van der Waals surface area (Å²) in [6.45, 7) is 0. The van der Waals surface area contributed by atoms with Gasteiger partial charge in [0.1, 0.15) is 0 Å². The fourth-order valence-corrected chi connectivity index (χ4v) is 1.07. The number of aliphatic carboxylic acids is 1. The highest BCUT2D eigenvalue weighted by Crippen LogP contribution is 2.07. The van der Waals surface area contributed by atoms with E-state index in [9.17, 15) is 9.59 Å². The molecule has 1 aliphatic heterocycles. The molecule has 0 bridgehead atoms. The Balaban J connectivity index is 2.80. The molecule has 13 heavy (non-hydrogen) atoms. The van der Waals surface area contributed by atoms with E-state index in [4.69, 9.17) is 9.84 Å². The minimum atomic E-state index is -1.02. The fourth-order valence-electron chi connectivity index (χ4n) is 1.07. The van der Waals surface area contributed by atoms with Crippen molar-refractivity contribution in [2.75, 3.05) is 7.11 Å². The van der Waals surface area contributed by atoms with Crippen molar-refractivity contribution < 1.29 is 19.4 Å². The number of ketones is 1. The molecule has 1 heterocycles. The molecule has 0 saturated carbocycles. The number of carboxylic acid groups (broad SMARTS) is 1. The van der Waals surface area contributed by atoms with Crippen molar-refractivity contribution in [2.45, 2.75) is 12.5 Å². The minimum absolute atomic E-state index is 0.238. The number of hydrogen-bond acceptors (Lipinski definition) is 4. The first kappa shape index (κ1) is 9.60. The van der Waals surface area contributed by atoms with Gasteiger partial charge >= 0.3 is 5.97 Å². The van der Waals surface area contributed by atoms with Crippen LogP contribution in [0.2, 0.25) is 0 Å². The minimum Gasteiger partial charge on any atom is -0.481 e. The SMILES string of the molecule is COC1C(=O)C=CN=C1CC(=O)O. The summed E-state index contributed by atoms with van der Waals surface area (Å²) in [5, 5.41) is 8.49. The molecule has 1 rings (SSSR count). The Hall–Kier alpha value is -1.49. The van der Waals surface area contributed by atoms with Crippen LogP contribution in [-0.4, -0.2) is 35.8 Å². The second-order valence-corrected chi connectivity index (χ2v) is 2.52. The van der Waals surface area contributed by atoms with Gasteiger partial charge in [0.2, 0.25) is 0 Å². The molecule has 0 spiro atoms. The van der Waals surface area contributed by atoms with Crippen LogP contribution in [0.5, 0.6) is 0 Å². The average molecular weight is 183 g/mol. The van der Waals surface area contributed by atoms with Gasteiger partial charge in [-0.3, -0.25) is 14.6 Å². The van der Waals surface area contributed by atoms with Crippen LogP contribution in [0.3, 0.4) is 0 Å². The number of carboxylic acids is 1. The predicted molar refractivity (Wildman–Crippen MR) is 44.6 cm³/mol. The molecule has 0 aromatic carbocycles. The summed E-state index contributed by atoms with van der Waals surface area (Å²) < 4.78 is 4.82. The second-order valence-electron chi connectivity index (χ2n) is 2.52. The van der Waals surface area contributed by atoms with Crippen molar-refractivity contribution in [1.82, 2.24) is 0 Å². The van der Waals surface area contributed by atoms with E-state index in [1.165, 1.54) is 19.4 Å². The standard InChI is InChI=1S/C8H9NO4/c1-13-8-5(4-7(11)12)9-3-2-6(8)10/h2-3,8H,4H2,1H3,(H,11,12). The molecule has 0 amide bonds. The Kier molecular flexibility index (Phi) is 2.92. The van der Waals surface area contributed by atoms with Gasteiger partial charge < -0.3 is 9.84 Å². The third-order valence-electron chi connectivity index (χ3n) is 1.61. The monoisotopic (exact) mass is 183 g/mol. The molecule has 0 radical (unpaired) electrons. The Labute approximate surface area is 74.7 Å². The maximum Gasteiger partial charge on any atom is 0.309 e. The van der Waals surface area contributed by atoms with Crippen LogP contribution in [0.25, 0.3) is 0 Å². The zero-order valence-electron chi connectivity index (χ0n) is 7.06. The van der Waals surface area contributed by atoms with Crippen molar-refractivity contribution >= 4 is 17.5 Å². The van der Waals surface area contributed by atoms with E-state index in [-0.39, 0.29) is 17.9 Å². The van der Waals surface area contributed by atoms with Gasteiger partial charge in [-0.15, -0.1) is 0 Å². The number of aliphatic imine (C=N–C) groups is 1. The van der Waals surface area contributed by atoms with E-state index in [0.717, 1.165) is 0 Å². The average Bonchev–Trinajstić information content (AvgIpc) is 2.03. The van der Waals surface area contributed by atoms with Crippen LogP contribution >= 0.6 is 0 Å². The first-order chi connectivity index (χ1) is 6.15. The number of carbonyl (C=O) groups is 2. The fraction of sp³-hybridized carbons (Fsp3) is 0.375. The zero-order valence-corrected chi connectivity index (χ0v) is 7.06. The van der Waals surface area contributed by atoms with Gasteiger partial charge in [0, 0.05) is 19.4 Å². The highest BCUT2D eigenvalue weighted by molar-refractivity contribution is 6.17. The van der Waals surface area contributed by atoms with Gasteiger partial charge in [0.15, 0.2) is 11.9 Å². The number of hydrogen-bond donors (Lipinski definition) is 1. The van der Waals surface area contributed by atoms with E-state index >= 15 is 0 Å². The first-order valence-corrected chi connectivity index (χ1v) is 3.66. The van der Waals surface area contributed by atoms with Gasteiger partial charge in [-0.25, -0.2) is 0 Å². The number of methoxy groups -OCH3 is 1. The van der Waals surface area contributed by atoms with Crippen LogP contribution in [0, 0.1) is 0 Å². The molecule has 0 aromatic rings. The van der Waals surface area contributed by atoms with Gasteiger partial charge in [0.05, 0.1) is 12.1 Å². The molecule has 70 valence electrons. The van der Waals surface area contributed by atoms with Crippen molar-refractivity contribution in [3.8, 4) is 0 Å². The summed E-state index contributed by atoms with van der Waals surface area (Å²) in [6, 6.07) is 0. The van der Waals surface area contributed by atoms with Crippen LogP contribution in [0.15, 0.2) is 17.3 Å². The lowest BCUT2D eigenvalue weighted by Gasteiger charge is -2.15. The molecular weight excluding hydrogens is 174 g/mol. The summed E-state index contributed by atoms with van der Waals surface area (Å²) in [5.74, 6) is -1.29. The number of ether oxygens (including phenoxy) is 1. The second kappa shape index (κ2) is 3.95. The van der Waals surface area contributed by atoms with E-state index < -0.39 is 12.1 Å². The molecular formula is C8H9NO4. The normalized spacial score (nSPS) is 21.5. The van der Waals surface area contributed by atoms with Crippen LogP contribution in [-0.2, 0) is 14.3 Å². The summed E-state index contributed by atoms with van der Waals surface area (Å²) in [4.78, 5) is 25.3. The molecule has 0 aromatic heterocycles. The van der Waals surface area contributed by atoms with Crippen molar-refractivity contribution in [2.24, 2.45) is 4.99 Å². The molecule has 1 N–H and O–H groups in total. The van der Waals surface area contributed by atoms with E-state index in [1.807, 2.05) is 0 Å². The molecule has 5 heteroatoms. The summed E-state index contributed by atoms with van der Waals surface area (Å²) in [5.41, 5.74) is 0.238. The molecule has 0 saturated heterocycles. The van der Waals surface area contributed by atoms with Gasteiger partial charge in [-0.1, -0.05) is 0 Å². The first-order valence-electron chi connectivity index (χ1n) is 3.66. The predicted octanol–water partition coefficient (Wildman–Crippen LogP) is 0.0135. The summed E-state index contributed by atoms with van der Waals surface area (Å²) >= 11 is 0. The smallest absolute Gasteiger partial charge is 0.309 e. The molecule has 0 aliphatic carbocycles. The summed E-state index contributed by atoms with van der Waals surface area (Å²) in [6.07, 6.45) is 1.45. The van der Waals surface area contributed by atoms with Crippen LogP contribution in [0.1, 0.15) is 6.42 Å². The zero-order chi connectivity index (χ0) is 9.84. The largest absolute Gasteiger partial charge is 0.481 e. The van der Waals surface area contributed by atoms with Crippen molar-refractivity contribution in [3.05, 3.63) is 12.3 Å². The van der Waals surface area contributed by atoms with E-state index in [1.54, 1.807) is 0 Å². The van der Waals surface area contributed by atoms with Crippen molar-refractivity contribution in [3.63, 3.8) is 0 Å². The summed E-state index contributed by atoms with van der Waals surface area (Å²) in [7, 11) is 1.35.